The molecule has 0 aliphatic rings. The molecule has 0 bridgehead atoms. The molecule has 0 unspecified atom stereocenters. The standard InChI is InChI=1S/C17H11Cl2NO2/c1-22-15-8-3-2-5-11(15)9-12(10-20)17(21)16-13(18)6-4-7-14(16)19/h2-9H,1H3. The maximum Gasteiger partial charge on any atom is 0.206 e. The molecule has 0 aliphatic carbocycles. The van der Waals surface area contributed by atoms with Crippen LogP contribution in [0, 0.1) is 11.3 Å². The van der Waals surface area contributed by atoms with E-state index in [9.17, 15) is 10.1 Å². The Morgan fingerprint density at radius 2 is 1.77 bits per heavy atom. The van der Waals surface area contributed by atoms with Gasteiger partial charge in [0, 0.05) is 5.56 Å². The van der Waals surface area contributed by atoms with Gasteiger partial charge in [-0.3, -0.25) is 4.79 Å². The number of ether oxygens (including phenoxy) is 1. The summed E-state index contributed by atoms with van der Waals surface area (Å²) in [6.07, 6.45) is 1.46. The highest BCUT2D eigenvalue weighted by Crippen LogP contribution is 2.28. The molecule has 0 heterocycles. The minimum Gasteiger partial charge on any atom is -0.496 e. The fourth-order valence-electron chi connectivity index (χ4n) is 1.94. The van der Waals surface area contributed by atoms with Crippen molar-refractivity contribution >= 4 is 35.1 Å². The van der Waals surface area contributed by atoms with Crippen molar-refractivity contribution in [3.8, 4) is 11.8 Å². The first-order chi connectivity index (χ1) is 10.6. The van der Waals surface area contributed by atoms with E-state index in [0.717, 1.165) is 0 Å². The number of nitrogens with zero attached hydrogens (tertiary/aromatic N) is 1. The van der Waals surface area contributed by atoms with E-state index in [4.69, 9.17) is 27.9 Å². The van der Waals surface area contributed by atoms with Gasteiger partial charge in [0.05, 0.1) is 22.7 Å². The summed E-state index contributed by atoms with van der Waals surface area (Å²) < 4.78 is 5.21. The van der Waals surface area contributed by atoms with E-state index in [1.54, 1.807) is 42.5 Å². The van der Waals surface area contributed by atoms with Gasteiger partial charge < -0.3 is 4.74 Å². The first-order valence-corrected chi connectivity index (χ1v) is 7.07. The number of allylic oxidation sites excluding steroid dienone is 1. The molecule has 5 heteroatoms. The lowest BCUT2D eigenvalue weighted by Crippen LogP contribution is -2.04. The second-order valence-electron chi connectivity index (χ2n) is 4.34. The van der Waals surface area contributed by atoms with Crippen LogP contribution < -0.4 is 4.74 Å². The van der Waals surface area contributed by atoms with Crippen LogP contribution in [0.15, 0.2) is 48.0 Å². The predicted octanol–water partition coefficient (Wildman–Crippen LogP) is 4.79. The minimum atomic E-state index is -0.524. The summed E-state index contributed by atoms with van der Waals surface area (Å²) in [7, 11) is 1.52. The van der Waals surface area contributed by atoms with Crippen LogP contribution in [0.25, 0.3) is 6.08 Å². The molecular formula is C17H11Cl2NO2. The van der Waals surface area contributed by atoms with Crippen molar-refractivity contribution < 1.29 is 9.53 Å². The summed E-state index contributed by atoms with van der Waals surface area (Å²) in [6, 6.07) is 13.7. The number of Topliss-reactive ketones (excluding diaryl/α,β-unsaturated/α-hetero) is 1. The molecule has 0 N–H and O–H groups in total. The average molecular weight is 332 g/mol. The van der Waals surface area contributed by atoms with Crippen molar-refractivity contribution in [2.45, 2.75) is 0 Å². The first-order valence-electron chi connectivity index (χ1n) is 6.32. The van der Waals surface area contributed by atoms with Crippen molar-refractivity contribution in [3.63, 3.8) is 0 Å². The molecule has 22 heavy (non-hydrogen) atoms. The van der Waals surface area contributed by atoms with Crippen molar-refractivity contribution in [2.75, 3.05) is 7.11 Å². The number of carbonyl (C=O) groups is 1. The third-order valence-electron chi connectivity index (χ3n) is 2.99. The van der Waals surface area contributed by atoms with Gasteiger partial charge in [-0.15, -0.1) is 0 Å². The largest absolute Gasteiger partial charge is 0.496 e. The molecule has 0 aromatic heterocycles. The maximum absolute atomic E-state index is 12.5. The lowest BCUT2D eigenvalue weighted by molar-refractivity contribution is 0.104. The number of halogens is 2. The Hall–Kier alpha value is -2.28. The lowest BCUT2D eigenvalue weighted by atomic mass is 10.0. The van der Waals surface area contributed by atoms with Gasteiger partial charge >= 0.3 is 0 Å². The Kier molecular flexibility index (Phi) is 5.21. The van der Waals surface area contributed by atoms with Gasteiger partial charge in [0.1, 0.15) is 17.4 Å². The monoisotopic (exact) mass is 331 g/mol. The first kappa shape index (κ1) is 16.1. The van der Waals surface area contributed by atoms with Crippen LogP contribution in [0.3, 0.4) is 0 Å². The molecule has 110 valence electrons. The van der Waals surface area contributed by atoms with Gasteiger partial charge in [-0.05, 0) is 24.3 Å². The summed E-state index contributed by atoms with van der Waals surface area (Å²) in [6.45, 7) is 0. The van der Waals surface area contributed by atoms with E-state index in [2.05, 4.69) is 0 Å². The Morgan fingerprint density at radius 1 is 1.14 bits per heavy atom. The minimum absolute atomic E-state index is 0.0699. The molecule has 0 radical (unpaired) electrons. The molecule has 0 atom stereocenters. The second-order valence-corrected chi connectivity index (χ2v) is 5.15. The van der Waals surface area contributed by atoms with Gasteiger partial charge in [-0.1, -0.05) is 47.5 Å². The topological polar surface area (TPSA) is 50.1 Å². The number of hydrogen-bond acceptors (Lipinski definition) is 3. The van der Waals surface area contributed by atoms with E-state index >= 15 is 0 Å². The highest BCUT2D eigenvalue weighted by molar-refractivity contribution is 6.41. The van der Waals surface area contributed by atoms with Crippen molar-refractivity contribution in [1.29, 1.82) is 5.26 Å². The smallest absolute Gasteiger partial charge is 0.206 e. The SMILES string of the molecule is COc1ccccc1C=C(C#N)C(=O)c1c(Cl)cccc1Cl. The van der Waals surface area contributed by atoms with Crippen molar-refractivity contribution in [1.82, 2.24) is 0 Å². The molecule has 2 aromatic carbocycles. The van der Waals surface area contributed by atoms with Gasteiger partial charge in [0.25, 0.3) is 0 Å². The van der Waals surface area contributed by atoms with Gasteiger partial charge in [-0.2, -0.15) is 5.26 Å². The van der Waals surface area contributed by atoms with Crippen LogP contribution in [0.2, 0.25) is 10.0 Å². The highest BCUT2D eigenvalue weighted by Gasteiger charge is 2.19. The van der Waals surface area contributed by atoms with E-state index < -0.39 is 5.78 Å². The fourth-order valence-corrected chi connectivity index (χ4v) is 2.51. The number of nitriles is 1. The molecule has 2 aromatic rings. The summed E-state index contributed by atoms with van der Waals surface area (Å²) in [5.41, 5.74) is 0.672. The molecule has 0 saturated heterocycles. The van der Waals surface area contributed by atoms with Gasteiger partial charge in [0.15, 0.2) is 0 Å². The lowest BCUT2D eigenvalue weighted by Gasteiger charge is -2.07. The summed E-state index contributed by atoms with van der Waals surface area (Å²) >= 11 is 12.0. The predicted molar refractivity (Wildman–Crippen MR) is 87.4 cm³/mol. The van der Waals surface area contributed by atoms with E-state index in [-0.39, 0.29) is 21.2 Å². The Balaban J connectivity index is 2.51. The number of rotatable bonds is 4. The summed E-state index contributed by atoms with van der Waals surface area (Å²) in [5, 5.41) is 9.71. The van der Waals surface area contributed by atoms with Crippen LogP contribution in [0.4, 0.5) is 0 Å². The Morgan fingerprint density at radius 3 is 2.36 bits per heavy atom. The number of ketones is 1. The van der Waals surface area contributed by atoms with Crippen LogP contribution >= 0.6 is 23.2 Å². The molecule has 0 amide bonds. The van der Waals surface area contributed by atoms with E-state index in [0.29, 0.717) is 11.3 Å². The van der Waals surface area contributed by atoms with Crippen LogP contribution in [0.5, 0.6) is 5.75 Å². The Labute approximate surface area is 138 Å². The molecule has 0 fully saturated rings. The second kappa shape index (κ2) is 7.13. The van der Waals surface area contributed by atoms with Crippen LogP contribution in [-0.2, 0) is 0 Å². The molecule has 2 rings (SSSR count). The molecule has 0 spiro atoms. The van der Waals surface area contributed by atoms with E-state index in [1.165, 1.54) is 13.2 Å². The maximum atomic E-state index is 12.5. The molecule has 3 nitrogen and oxygen atoms in total. The van der Waals surface area contributed by atoms with Gasteiger partial charge in [-0.25, -0.2) is 0 Å². The number of para-hydroxylation sites is 1. The fraction of sp³-hybridized carbons (Fsp3) is 0.0588. The summed E-state index contributed by atoms with van der Waals surface area (Å²) in [5.74, 6) is 0.0392. The third kappa shape index (κ3) is 3.30. The molecule has 0 aliphatic heterocycles. The number of benzene rings is 2. The zero-order valence-corrected chi connectivity index (χ0v) is 13.2. The zero-order valence-electron chi connectivity index (χ0n) is 11.6. The average Bonchev–Trinajstić information content (AvgIpc) is 2.52. The highest BCUT2D eigenvalue weighted by atomic mass is 35.5. The Bertz CT molecular complexity index is 771. The molecule has 0 saturated carbocycles. The quantitative estimate of drug-likeness (QED) is 0.459. The number of carbonyl (C=O) groups excluding carboxylic acids is 1. The number of methoxy groups -OCH3 is 1. The third-order valence-corrected chi connectivity index (χ3v) is 3.62. The summed E-state index contributed by atoms with van der Waals surface area (Å²) in [4.78, 5) is 12.5. The van der Waals surface area contributed by atoms with E-state index in [1.807, 2.05) is 6.07 Å². The number of hydrogen-bond donors (Lipinski definition) is 0. The van der Waals surface area contributed by atoms with Crippen LogP contribution in [-0.4, -0.2) is 12.9 Å². The molecular weight excluding hydrogens is 321 g/mol. The van der Waals surface area contributed by atoms with Gasteiger partial charge in [0.2, 0.25) is 5.78 Å². The normalized spacial score (nSPS) is 10.9. The zero-order chi connectivity index (χ0) is 16.1. The van der Waals surface area contributed by atoms with Crippen molar-refractivity contribution in [3.05, 3.63) is 69.2 Å². The van der Waals surface area contributed by atoms with Crippen LogP contribution in [0.1, 0.15) is 15.9 Å². The van der Waals surface area contributed by atoms with Crippen molar-refractivity contribution in [2.24, 2.45) is 0 Å².